The number of hydrazone groups is 5. The van der Waals surface area contributed by atoms with Gasteiger partial charge in [0.25, 0.3) is 36.0 Å². The summed E-state index contributed by atoms with van der Waals surface area (Å²) in [6.45, 7) is 14.1. The maximum atomic E-state index is 10.6. The molecular formula is C70H90Cl7N37O14S4. The lowest BCUT2D eigenvalue weighted by molar-refractivity contribution is -0.486. The molecule has 12 heterocycles. The van der Waals surface area contributed by atoms with Crippen LogP contribution in [0.4, 0.5) is 0 Å². The van der Waals surface area contributed by atoms with Gasteiger partial charge in [0.05, 0.1) is 44.5 Å². The summed E-state index contributed by atoms with van der Waals surface area (Å²) in [7, 11) is 12.0. The normalized spacial score (nSPS) is 16.0. The van der Waals surface area contributed by atoms with E-state index in [0.717, 1.165) is 80.1 Å². The van der Waals surface area contributed by atoms with Gasteiger partial charge in [-0.05, 0) is 73.8 Å². The molecule has 12 rings (SSSR count). The third-order valence-electron chi connectivity index (χ3n) is 16.9. The van der Waals surface area contributed by atoms with Gasteiger partial charge in [-0.15, -0.1) is 39.0 Å². The number of ether oxygens (including phenoxy) is 2. The van der Waals surface area contributed by atoms with Crippen molar-refractivity contribution in [2.75, 3.05) is 128 Å². The van der Waals surface area contributed by atoms with Crippen LogP contribution < -0.4 is 31.9 Å². The second-order valence-electron chi connectivity index (χ2n) is 26.7. The molecule has 51 nitrogen and oxygen atoms in total. The number of thioether (sulfide) groups is 1. The van der Waals surface area contributed by atoms with Crippen LogP contribution in [0.1, 0.15) is 57.2 Å². The van der Waals surface area contributed by atoms with Crippen LogP contribution in [-0.2, 0) is 55.3 Å². The number of nitrogens with zero attached hydrogens (tertiary/aromatic N) is 31. The molecule has 0 saturated carbocycles. The lowest BCUT2D eigenvalue weighted by Gasteiger charge is -2.39. The van der Waals surface area contributed by atoms with E-state index < -0.39 is 30.1 Å². The number of halogens is 7. The third-order valence-corrected chi connectivity index (χ3v) is 22.1. The molecule has 5 fully saturated rings. The summed E-state index contributed by atoms with van der Waals surface area (Å²) >= 11 is 45.5. The average molecular weight is 2050 g/mol. The standard InChI is InChI=1S/C11H15ClN4O2.C10H9ClN4S.C10H11ClN4.C9H13ClN6O2S.C9H10ClN5O2.C8H10ClN5O3S.C7H14N4O3.C6H8ClN5O2S/c1-3-15(11(13-2)8-16(17)18)7-9-4-5-10(12)14-6-9;11-9-2-1-8(5-13-9)6-15-3-4-16-10(15)14-7-12;1-8(14-7-12)15(2)6-9-3-4-10(11)13-5-9;1-13-5-14(2)9(12-16(17)18)15(6-13)4-7-3-11-8(10)19-7;10-8-2-1-7(5-12-8)6-14-4-3-11-9(14)13-15(16)17;1-12-4-17-5-13(8(12)11-14(15)16)3-6-2-10-7(9)18-6;1-8-7(10-11(12)13)9-4-6-2-3-14-5-6;1-8-6(11-12(13)14)10-3-4-2-9-5(7)15-4/h4-6,8,13H,3,7H2,1-2H3;1-2,5H,3-4,6H2;3-5H,6H2,1-2H3;3H,4-6H2,1-2H3;1-2,5H,3-4,6H2,(H,11,13);2H,3-5H2,1H3;6H,2-5H2,1H3,(H2,8,9,10);2H,3H2,1H3,(H2,8,10,11)/b11-8+;;;12-9+;;11-8+;;. The minimum absolute atomic E-state index is 0.0875. The summed E-state index contributed by atoms with van der Waals surface area (Å²) in [5, 5.41) is 111. The minimum Gasteiger partial charge on any atom is -0.381 e. The van der Waals surface area contributed by atoms with E-state index in [9.17, 15) is 60.7 Å². The molecule has 0 aromatic carbocycles. The van der Waals surface area contributed by atoms with Gasteiger partial charge in [-0.3, -0.25) is 15.0 Å². The Hall–Kier alpha value is -12.2. The zero-order valence-electron chi connectivity index (χ0n) is 71.8. The molecule has 5 saturated heterocycles. The van der Waals surface area contributed by atoms with E-state index in [4.69, 9.17) is 101 Å². The number of nitriles is 2. The van der Waals surface area contributed by atoms with Crippen molar-refractivity contribution in [1.29, 1.82) is 10.5 Å². The van der Waals surface area contributed by atoms with Gasteiger partial charge in [-0.1, -0.05) is 117 Å². The maximum absolute atomic E-state index is 10.6. The first-order valence-corrected chi connectivity index (χ1v) is 44.3. The summed E-state index contributed by atoms with van der Waals surface area (Å²) in [6.07, 6.45) is 17.2. The minimum atomic E-state index is -0.779. The number of rotatable bonds is 25. The van der Waals surface area contributed by atoms with E-state index in [0.29, 0.717) is 143 Å². The number of aliphatic imine (C=N–C) groups is 2. The largest absolute Gasteiger partial charge is 0.381 e. The van der Waals surface area contributed by atoms with Crippen molar-refractivity contribution < 1.29 is 39.6 Å². The number of hydrogen-bond acceptors (Lipinski definition) is 32. The summed E-state index contributed by atoms with van der Waals surface area (Å²) < 4.78 is 11.8. The van der Waals surface area contributed by atoms with E-state index in [1.807, 2.05) is 71.1 Å². The molecular weight excluding hydrogens is 1960 g/mol. The van der Waals surface area contributed by atoms with Gasteiger partial charge >= 0.3 is 0 Å². The van der Waals surface area contributed by atoms with Gasteiger partial charge < -0.3 is 80.6 Å². The number of amidine groups is 2. The predicted molar refractivity (Wildman–Crippen MR) is 502 cm³/mol. The van der Waals surface area contributed by atoms with Crippen LogP contribution in [0.15, 0.2) is 139 Å². The first-order valence-electron chi connectivity index (χ1n) is 38.2. The lowest BCUT2D eigenvalue weighted by Crippen LogP contribution is -2.55. The van der Waals surface area contributed by atoms with E-state index in [2.05, 4.69) is 107 Å². The van der Waals surface area contributed by atoms with Crippen LogP contribution in [0.25, 0.3) is 0 Å². The number of nitrogens with one attached hydrogen (secondary N) is 6. The van der Waals surface area contributed by atoms with E-state index in [1.165, 1.54) is 41.1 Å². The molecule has 1 unspecified atom stereocenters. The molecule has 0 amide bonds. The van der Waals surface area contributed by atoms with Gasteiger partial charge in [0.15, 0.2) is 49.6 Å². The highest BCUT2D eigenvalue weighted by atomic mass is 35.5. The Morgan fingerprint density at radius 2 is 1.08 bits per heavy atom. The molecule has 712 valence electrons. The lowest BCUT2D eigenvalue weighted by atomic mass is 10.1. The molecule has 5 aliphatic rings. The van der Waals surface area contributed by atoms with Crippen molar-refractivity contribution >= 4 is 168 Å². The molecule has 1 atom stereocenters. The van der Waals surface area contributed by atoms with Crippen molar-refractivity contribution in [2.45, 2.75) is 66.1 Å². The predicted octanol–water partition coefficient (Wildman–Crippen LogP) is 8.72. The van der Waals surface area contributed by atoms with Crippen LogP contribution in [0.3, 0.4) is 0 Å². The molecule has 62 heteroatoms. The quantitative estimate of drug-likeness (QED) is 0.00777. The number of thiazole rings is 3. The number of nitro groups is 6. The van der Waals surface area contributed by atoms with Crippen LogP contribution >= 0.6 is 127 Å². The van der Waals surface area contributed by atoms with Crippen LogP contribution in [0.5, 0.6) is 0 Å². The number of aromatic nitrogens is 7. The van der Waals surface area contributed by atoms with Crippen LogP contribution in [-0.4, -0.2) is 278 Å². The van der Waals surface area contributed by atoms with E-state index >= 15 is 0 Å². The molecule has 7 aromatic rings. The average Bonchev–Trinajstić information content (AvgIpc) is 1.15. The SMILES string of the molecule is CC(=NC#N)N(C)Cc1ccc(Cl)nc1.CCN(Cc1ccc(Cl)nc1)/C(=C/[N+](=O)[O-])NC.CN/C(=N\[N+](=O)[O-])NCC1CCOC1.CN/C(=N\[N+](=O)[O-])NCc1cnc(Cl)s1.CN1CN(C)/C(=N\[N+](=O)[O-])N(Cc2cnc(Cl)s2)C1.CN1COCN(Cc2cnc(Cl)s2)/C1=N/[N+](=O)[O-].N#CN=C1SCCN1Cc1ccc(Cl)nc1.O=[N+]([O-])/N=C1\NCCN1Cc1ccc(Cl)nc1. The maximum Gasteiger partial charge on any atom is 0.277 e. The summed E-state index contributed by atoms with van der Waals surface area (Å²) in [5.41, 5.74) is 3.95. The first kappa shape index (κ1) is 110. The molecule has 132 heavy (non-hydrogen) atoms. The van der Waals surface area contributed by atoms with E-state index in [-0.39, 0.29) is 37.3 Å². The van der Waals surface area contributed by atoms with Gasteiger partial charge in [0, 0.05) is 177 Å². The molecule has 0 radical (unpaired) electrons. The molecule has 0 aliphatic carbocycles. The third kappa shape index (κ3) is 43.7. The topological polar surface area (TPSA) is 603 Å². The van der Waals surface area contributed by atoms with Gasteiger partial charge in [-0.2, -0.15) is 15.5 Å². The fourth-order valence-electron chi connectivity index (χ4n) is 11.1. The fraction of sp³-hybridized carbons (Fsp3) is 0.429. The summed E-state index contributed by atoms with van der Waals surface area (Å²) in [4.78, 5) is 116. The highest BCUT2D eigenvalue weighted by molar-refractivity contribution is 8.14. The summed E-state index contributed by atoms with van der Waals surface area (Å²) in [6, 6.07) is 14.4. The number of pyridine rings is 4. The van der Waals surface area contributed by atoms with Gasteiger partial charge in [0.1, 0.15) is 65.4 Å². The van der Waals surface area contributed by atoms with Crippen LogP contribution in [0, 0.1) is 89.5 Å². The van der Waals surface area contributed by atoms with Crippen molar-refractivity contribution in [2.24, 2.45) is 41.4 Å². The molecule has 7 aromatic heterocycles. The van der Waals surface area contributed by atoms with Gasteiger partial charge in [-0.25, -0.2) is 85.5 Å². The second kappa shape index (κ2) is 59.9. The number of guanidine groups is 5. The zero-order valence-corrected chi connectivity index (χ0v) is 80.4. The highest BCUT2D eigenvalue weighted by Gasteiger charge is 2.30. The Balaban J connectivity index is 0.000000267. The van der Waals surface area contributed by atoms with Crippen LogP contribution in [0.2, 0.25) is 34.0 Å². The second-order valence-corrected chi connectivity index (χ2v) is 34.4. The van der Waals surface area contributed by atoms with E-state index in [1.54, 1.807) is 140 Å². The molecule has 0 bridgehead atoms. The Kier molecular flexibility index (Phi) is 50.1. The first-order chi connectivity index (χ1) is 63.0. The Bertz CT molecular complexity index is 5190. The number of hydrogen-bond donors (Lipinski definition) is 6. The van der Waals surface area contributed by atoms with Crippen molar-refractivity contribution in [1.82, 2.24) is 111 Å². The van der Waals surface area contributed by atoms with Crippen molar-refractivity contribution in [3.8, 4) is 12.4 Å². The highest BCUT2D eigenvalue weighted by Crippen LogP contribution is 2.25. The Morgan fingerprint density at radius 1 is 0.583 bits per heavy atom. The molecule has 6 N–H and O–H groups in total. The van der Waals surface area contributed by atoms with Gasteiger partial charge in [0.2, 0.25) is 12.4 Å². The molecule has 0 spiro atoms. The Labute approximate surface area is 806 Å². The fourth-order valence-corrected chi connectivity index (χ4v) is 15.3. The van der Waals surface area contributed by atoms with Crippen molar-refractivity contribution in [3.05, 3.63) is 236 Å². The monoisotopic (exact) mass is 2050 g/mol. The zero-order chi connectivity index (χ0) is 97.2. The van der Waals surface area contributed by atoms with Crippen molar-refractivity contribution in [3.63, 3.8) is 0 Å². The Morgan fingerprint density at radius 3 is 1.53 bits per heavy atom. The smallest absolute Gasteiger partial charge is 0.277 e. The molecule has 5 aliphatic heterocycles. The summed E-state index contributed by atoms with van der Waals surface area (Å²) in [5.74, 6) is 3.67.